The highest BCUT2D eigenvalue weighted by atomic mass is 32.2. The van der Waals surface area contributed by atoms with Crippen molar-refractivity contribution in [3.63, 3.8) is 0 Å². The zero-order chi connectivity index (χ0) is 12.4. The Morgan fingerprint density at radius 3 is 2.56 bits per heavy atom. The quantitative estimate of drug-likeness (QED) is 0.501. The Bertz CT molecular complexity index is 294. The number of rotatable bonds is 9. The van der Waals surface area contributed by atoms with Crippen molar-refractivity contribution in [2.45, 2.75) is 39.5 Å². The van der Waals surface area contributed by atoms with Crippen LogP contribution in [0.3, 0.4) is 0 Å². The molecule has 0 spiro atoms. The molecule has 0 aliphatic heterocycles. The molecule has 0 amide bonds. The molecule has 3 nitrogen and oxygen atoms in total. The number of sulfone groups is 1. The van der Waals surface area contributed by atoms with E-state index in [0.29, 0.717) is 5.75 Å². The minimum absolute atomic E-state index is 0.298. The van der Waals surface area contributed by atoms with Crippen molar-refractivity contribution in [1.29, 1.82) is 0 Å². The molecule has 16 heavy (non-hydrogen) atoms. The van der Waals surface area contributed by atoms with Gasteiger partial charge in [-0.25, -0.2) is 8.42 Å². The second-order valence-electron chi connectivity index (χ2n) is 4.32. The van der Waals surface area contributed by atoms with E-state index in [-0.39, 0.29) is 0 Å². The molecule has 0 rings (SSSR count). The van der Waals surface area contributed by atoms with Crippen LogP contribution in [-0.2, 0) is 9.84 Å². The first kappa shape index (κ1) is 15.7. The molecule has 0 heterocycles. The predicted octanol–water partition coefficient (Wildman–Crippen LogP) is 2.15. The summed E-state index contributed by atoms with van der Waals surface area (Å²) in [6.07, 6.45) is 7.32. The standard InChI is InChI=1S/C12H25NO2S/c1-4-9-13-10-5-7-12(2)8-6-11-16(3,14)15/h7,13H,4-6,8-11H2,1-3H3. The fraction of sp³-hybridized carbons (Fsp3) is 0.833. The zero-order valence-corrected chi connectivity index (χ0v) is 11.6. The molecule has 0 saturated carbocycles. The summed E-state index contributed by atoms with van der Waals surface area (Å²) in [5.74, 6) is 0.298. The molecule has 0 atom stereocenters. The van der Waals surface area contributed by atoms with E-state index in [1.807, 2.05) is 0 Å². The van der Waals surface area contributed by atoms with E-state index >= 15 is 0 Å². The zero-order valence-electron chi connectivity index (χ0n) is 10.8. The van der Waals surface area contributed by atoms with E-state index in [1.54, 1.807) is 0 Å². The molecule has 1 N–H and O–H groups in total. The van der Waals surface area contributed by atoms with Gasteiger partial charge in [0.15, 0.2) is 0 Å². The van der Waals surface area contributed by atoms with E-state index in [9.17, 15) is 8.42 Å². The molecule has 0 aromatic rings. The van der Waals surface area contributed by atoms with E-state index < -0.39 is 9.84 Å². The van der Waals surface area contributed by atoms with Crippen LogP contribution in [0, 0.1) is 0 Å². The lowest BCUT2D eigenvalue weighted by Crippen LogP contribution is -2.15. The third-order valence-electron chi connectivity index (χ3n) is 2.33. The highest BCUT2D eigenvalue weighted by Gasteiger charge is 2.01. The number of allylic oxidation sites excluding steroid dienone is 1. The molecule has 0 bridgehead atoms. The van der Waals surface area contributed by atoms with Crippen molar-refractivity contribution in [2.75, 3.05) is 25.1 Å². The molecule has 0 aromatic carbocycles. The van der Waals surface area contributed by atoms with Crippen LogP contribution in [0.1, 0.15) is 39.5 Å². The van der Waals surface area contributed by atoms with Gasteiger partial charge in [0, 0.05) is 6.26 Å². The van der Waals surface area contributed by atoms with Crippen LogP contribution in [0.5, 0.6) is 0 Å². The topological polar surface area (TPSA) is 46.2 Å². The molecule has 0 radical (unpaired) electrons. The first-order valence-electron chi connectivity index (χ1n) is 5.99. The van der Waals surface area contributed by atoms with Crippen molar-refractivity contribution in [3.8, 4) is 0 Å². The van der Waals surface area contributed by atoms with Gasteiger partial charge in [0.25, 0.3) is 0 Å². The van der Waals surface area contributed by atoms with Gasteiger partial charge in [-0.2, -0.15) is 0 Å². The molecule has 0 aliphatic rings. The number of nitrogens with one attached hydrogen (secondary N) is 1. The van der Waals surface area contributed by atoms with Gasteiger partial charge in [-0.05, 0) is 45.7 Å². The first-order chi connectivity index (χ1) is 7.45. The highest BCUT2D eigenvalue weighted by Crippen LogP contribution is 2.06. The van der Waals surface area contributed by atoms with Crippen molar-refractivity contribution in [1.82, 2.24) is 5.32 Å². The smallest absolute Gasteiger partial charge is 0.147 e. The maximum Gasteiger partial charge on any atom is 0.147 e. The molecule has 0 aliphatic carbocycles. The minimum atomic E-state index is -2.79. The average molecular weight is 247 g/mol. The third-order valence-corrected chi connectivity index (χ3v) is 3.36. The van der Waals surface area contributed by atoms with Crippen molar-refractivity contribution in [2.24, 2.45) is 0 Å². The average Bonchev–Trinajstić information content (AvgIpc) is 2.15. The van der Waals surface area contributed by atoms with Gasteiger partial charge in [-0.3, -0.25) is 0 Å². The molecule has 0 saturated heterocycles. The SMILES string of the molecule is CCCNCCC=C(C)CCCS(C)(=O)=O. The van der Waals surface area contributed by atoms with Crippen LogP contribution >= 0.6 is 0 Å². The maximum atomic E-state index is 10.9. The first-order valence-corrected chi connectivity index (χ1v) is 8.06. The predicted molar refractivity (Wildman–Crippen MR) is 70.5 cm³/mol. The summed E-state index contributed by atoms with van der Waals surface area (Å²) in [6.45, 7) is 6.31. The van der Waals surface area contributed by atoms with Crippen molar-refractivity contribution >= 4 is 9.84 Å². The minimum Gasteiger partial charge on any atom is -0.316 e. The van der Waals surface area contributed by atoms with Crippen LogP contribution in [0.4, 0.5) is 0 Å². The van der Waals surface area contributed by atoms with Crippen molar-refractivity contribution in [3.05, 3.63) is 11.6 Å². The van der Waals surface area contributed by atoms with Gasteiger partial charge < -0.3 is 5.32 Å². The summed E-state index contributed by atoms with van der Waals surface area (Å²) in [6, 6.07) is 0. The van der Waals surface area contributed by atoms with Crippen LogP contribution in [0.15, 0.2) is 11.6 Å². The fourth-order valence-corrected chi connectivity index (χ4v) is 2.11. The summed E-state index contributed by atoms with van der Waals surface area (Å²) < 4.78 is 21.8. The largest absolute Gasteiger partial charge is 0.316 e. The molecule has 0 fully saturated rings. The van der Waals surface area contributed by atoms with Crippen LogP contribution in [0.2, 0.25) is 0 Å². The molecule has 0 aromatic heterocycles. The lowest BCUT2D eigenvalue weighted by atomic mass is 10.1. The second-order valence-corrected chi connectivity index (χ2v) is 6.58. The summed E-state index contributed by atoms with van der Waals surface area (Å²) in [4.78, 5) is 0. The van der Waals surface area contributed by atoms with E-state index in [2.05, 4.69) is 25.2 Å². The molecule has 96 valence electrons. The van der Waals surface area contributed by atoms with Gasteiger partial charge in [0.05, 0.1) is 5.75 Å². The van der Waals surface area contributed by atoms with Gasteiger partial charge in [-0.1, -0.05) is 18.6 Å². The van der Waals surface area contributed by atoms with Crippen LogP contribution < -0.4 is 5.32 Å². The van der Waals surface area contributed by atoms with Crippen molar-refractivity contribution < 1.29 is 8.42 Å². The number of hydrogen-bond donors (Lipinski definition) is 1. The van der Waals surface area contributed by atoms with E-state index in [0.717, 1.165) is 38.8 Å². The normalized spacial score (nSPS) is 13.1. The third kappa shape index (κ3) is 11.7. The Balaban J connectivity index is 3.56. The Morgan fingerprint density at radius 2 is 2.00 bits per heavy atom. The summed E-state index contributed by atoms with van der Waals surface area (Å²) in [5.41, 5.74) is 1.29. The molecule has 0 unspecified atom stereocenters. The second kappa shape index (κ2) is 8.76. The lowest BCUT2D eigenvalue weighted by molar-refractivity contribution is 0.599. The van der Waals surface area contributed by atoms with Gasteiger partial charge >= 0.3 is 0 Å². The molecular formula is C12H25NO2S. The van der Waals surface area contributed by atoms with Gasteiger partial charge in [-0.15, -0.1) is 0 Å². The Kier molecular flexibility index (Phi) is 8.57. The summed E-state index contributed by atoms with van der Waals surface area (Å²) in [5, 5.41) is 3.33. The lowest BCUT2D eigenvalue weighted by Gasteiger charge is -2.02. The monoisotopic (exact) mass is 247 g/mol. The highest BCUT2D eigenvalue weighted by molar-refractivity contribution is 7.90. The summed E-state index contributed by atoms with van der Waals surface area (Å²) >= 11 is 0. The number of hydrogen-bond acceptors (Lipinski definition) is 3. The maximum absolute atomic E-state index is 10.9. The molecule has 4 heteroatoms. The summed E-state index contributed by atoms with van der Waals surface area (Å²) in [7, 11) is -2.79. The van der Waals surface area contributed by atoms with Gasteiger partial charge in [0.1, 0.15) is 9.84 Å². The fourth-order valence-electron chi connectivity index (χ4n) is 1.44. The van der Waals surface area contributed by atoms with Crippen LogP contribution in [0.25, 0.3) is 0 Å². The Morgan fingerprint density at radius 1 is 1.31 bits per heavy atom. The van der Waals surface area contributed by atoms with Crippen LogP contribution in [-0.4, -0.2) is 33.5 Å². The molecular weight excluding hydrogens is 222 g/mol. The van der Waals surface area contributed by atoms with E-state index in [4.69, 9.17) is 0 Å². The Labute approximate surface area is 100 Å². The Hall–Kier alpha value is -0.350. The van der Waals surface area contributed by atoms with E-state index in [1.165, 1.54) is 11.8 Å². The van der Waals surface area contributed by atoms with Gasteiger partial charge in [0.2, 0.25) is 0 Å².